The van der Waals surface area contributed by atoms with Crippen molar-refractivity contribution in [1.29, 1.82) is 0 Å². The van der Waals surface area contributed by atoms with Gasteiger partial charge in [-0.1, -0.05) is 6.07 Å². The van der Waals surface area contributed by atoms with Gasteiger partial charge in [0.2, 0.25) is 11.8 Å². The first kappa shape index (κ1) is 24.9. The fraction of sp³-hybridized carbons (Fsp3) is 0.552. The highest BCUT2D eigenvalue weighted by atomic mass is 32.1. The van der Waals surface area contributed by atoms with Crippen molar-refractivity contribution in [2.75, 3.05) is 0 Å². The van der Waals surface area contributed by atoms with Crippen LogP contribution < -0.4 is 20.9 Å². The van der Waals surface area contributed by atoms with Gasteiger partial charge in [-0.05, 0) is 81.8 Å². The van der Waals surface area contributed by atoms with Gasteiger partial charge in [0.25, 0.3) is 5.56 Å². The van der Waals surface area contributed by atoms with Gasteiger partial charge in [0, 0.05) is 29.6 Å². The summed E-state index contributed by atoms with van der Waals surface area (Å²) in [6.07, 6.45) is 10.6. The predicted octanol–water partition coefficient (Wildman–Crippen LogP) is 3.78. The summed E-state index contributed by atoms with van der Waals surface area (Å²) in [4.78, 5) is 48.1. The van der Waals surface area contributed by atoms with Crippen LogP contribution in [0.15, 0.2) is 29.2 Å². The van der Waals surface area contributed by atoms with Crippen LogP contribution in [0.3, 0.4) is 0 Å². The van der Waals surface area contributed by atoms with Crippen LogP contribution in [0.4, 0.5) is 0 Å². The van der Waals surface area contributed by atoms with E-state index in [1.54, 1.807) is 30.4 Å². The van der Waals surface area contributed by atoms with Crippen LogP contribution in [0, 0.1) is 24.7 Å². The number of nitrogens with zero attached hydrogens (tertiary/aromatic N) is 3. The summed E-state index contributed by atoms with van der Waals surface area (Å²) >= 11 is 1.64. The lowest BCUT2D eigenvalue weighted by Gasteiger charge is -2.57. The fourth-order valence-electron chi connectivity index (χ4n) is 7.98. The Bertz CT molecular complexity index is 1490. The lowest BCUT2D eigenvalue weighted by molar-refractivity contribution is -0.135. The number of hydrogen-bond acceptors (Lipinski definition) is 8. The maximum Gasteiger partial charge on any atom is 0.265 e. The van der Waals surface area contributed by atoms with E-state index in [0.717, 1.165) is 29.3 Å². The molecule has 2 aromatic heterocycles. The van der Waals surface area contributed by atoms with Gasteiger partial charge < -0.3 is 10.1 Å². The Morgan fingerprint density at radius 2 is 1.87 bits per heavy atom. The number of benzene rings is 1. The zero-order valence-corrected chi connectivity index (χ0v) is 22.9. The minimum atomic E-state index is -0.775. The van der Waals surface area contributed by atoms with Crippen molar-refractivity contribution >= 4 is 34.1 Å². The first-order chi connectivity index (χ1) is 18.9. The minimum Gasteiger partial charge on any atom is -0.486 e. The molecule has 1 saturated heterocycles. The van der Waals surface area contributed by atoms with E-state index in [9.17, 15) is 14.4 Å². The Morgan fingerprint density at radius 3 is 2.59 bits per heavy atom. The van der Waals surface area contributed by atoms with Gasteiger partial charge in [-0.15, -0.1) is 11.3 Å². The topological polar surface area (TPSA) is 115 Å². The molecule has 4 bridgehead atoms. The monoisotopic (exact) mass is 547 g/mol. The highest BCUT2D eigenvalue weighted by Crippen LogP contribution is 2.55. The van der Waals surface area contributed by atoms with E-state index in [-0.39, 0.29) is 30.9 Å². The van der Waals surface area contributed by atoms with Gasteiger partial charge in [0.15, 0.2) is 0 Å². The number of carbonyl (C=O) groups excluding carboxylic acids is 2. The van der Waals surface area contributed by atoms with Crippen molar-refractivity contribution < 1.29 is 14.3 Å². The van der Waals surface area contributed by atoms with E-state index in [1.807, 2.05) is 12.3 Å². The molecule has 1 aliphatic heterocycles. The fourth-order valence-corrected chi connectivity index (χ4v) is 8.75. The number of thiazole rings is 1. The largest absolute Gasteiger partial charge is 0.486 e. The minimum absolute atomic E-state index is 0.183. The molecule has 2 N–H and O–H groups in total. The second kappa shape index (κ2) is 9.52. The van der Waals surface area contributed by atoms with Crippen molar-refractivity contribution in [3.63, 3.8) is 0 Å². The van der Waals surface area contributed by atoms with Crippen LogP contribution >= 0.6 is 11.3 Å². The van der Waals surface area contributed by atoms with Gasteiger partial charge in [-0.3, -0.25) is 24.3 Å². The molecule has 1 unspecified atom stereocenters. The van der Waals surface area contributed by atoms with E-state index in [0.29, 0.717) is 28.0 Å². The van der Waals surface area contributed by atoms with Gasteiger partial charge in [-0.2, -0.15) is 0 Å². The molecule has 10 heteroatoms. The van der Waals surface area contributed by atoms with E-state index < -0.39 is 11.9 Å². The van der Waals surface area contributed by atoms with Crippen LogP contribution in [0.1, 0.15) is 73.1 Å². The highest BCUT2D eigenvalue weighted by Gasteiger charge is 2.50. The van der Waals surface area contributed by atoms with E-state index >= 15 is 0 Å². The summed E-state index contributed by atoms with van der Waals surface area (Å²) < 4.78 is 7.51. The standard InChI is InChI=1S/C29H33N5O4S/c1-16-32-21-3-2-4-23(26(21)28(37)34(16)22-5-6-24(35)33-27(22)36)38-15-25-30-13-20(39-25)14-31-29-10-17-7-18(11-29)9-19(8-17)12-29/h2-4,13,17-19,22,31H,5-12,14-15H2,1H3,(H,33,35,36). The van der Waals surface area contributed by atoms with E-state index in [1.165, 1.54) is 48.0 Å². The summed E-state index contributed by atoms with van der Waals surface area (Å²) in [5.74, 6) is 2.77. The number of aromatic nitrogens is 3. The lowest BCUT2D eigenvalue weighted by Crippen LogP contribution is -2.58. The molecule has 39 heavy (non-hydrogen) atoms. The first-order valence-electron chi connectivity index (χ1n) is 14.0. The molecule has 2 amide bonds. The molecule has 3 heterocycles. The zero-order chi connectivity index (χ0) is 26.7. The molecule has 4 aliphatic carbocycles. The summed E-state index contributed by atoms with van der Waals surface area (Å²) in [6.45, 7) is 2.78. The SMILES string of the molecule is Cc1nc2cccc(OCc3ncc(CNC45CC6CC(CC(C6)C4)C5)s3)c2c(=O)n1C1CCC(=O)NC1=O. The number of hydrogen-bond donors (Lipinski definition) is 2. The van der Waals surface area contributed by atoms with Gasteiger partial charge >= 0.3 is 0 Å². The smallest absolute Gasteiger partial charge is 0.265 e. The number of amides is 2. The second-order valence-electron chi connectivity index (χ2n) is 12.0. The molecule has 0 radical (unpaired) electrons. The molecular weight excluding hydrogens is 514 g/mol. The van der Waals surface area contributed by atoms with Crippen molar-refractivity contribution in [3.8, 4) is 5.75 Å². The molecular formula is C29H33N5O4S. The third kappa shape index (κ3) is 4.57. The van der Waals surface area contributed by atoms with Gasteiger partial charge in [0.05, 0.1) is 5.52 Å². The Morgan fingerprint density at radius 1 is 1.13 bits per heavy atom. The van der Waals surface area contributed by atoms with Crippen molar-refractivity contribution in [3.05, 3.63) is 50.5 Å². The van der Waals surface area contributed by atoms with E-state index in [2.05, 4.69) is 20.6 Å². The predicted molar refractivity (Wildman–Crippen MR) is 146 cm³/mol. The summed E-state index contributed by atoms with van der Waals surface area (Å²) in [5.41, 5.74) is 0.478. The molecule has 8 rings (SSSR count). The summed E-state index contributed by atoms with van der Waals surface area (Å²) in [5, 5.41) is 7.44. The maximum absolute atomic E-state index is 13.6. The third-order valence-corrected chi connectivity index (χ3v) is 10.2. The molecule has 0 spiro atoms. The van der Waals surface area contributed by atoms with E-state index in [4.69, 9.17) is 4.74 Å². The maximum atomic E-state index is 13.6. The quantitative estimate of drug-likeness (QED) is 0.433. The Kier molecular flexibility index (Phi) is 6.08. The second-order valence-corrected chi connectivity index (χ2v) is 13.2. The molecule has 5 fully saturated rings. The normalized spacial score (nSPS) is 29.7. The van der Waals surface area contributed by atoms with Crippen LogP contribution in [0.5, 0.6) is 5.75 Å². The molecule has 9 nitrogen and oxygen atoms in total. The van der Waals surface area contributed by atoms with Gasteiger partial charge in [0.1, 0.15) is 34.6 Å². The molecule has 204 valence electrons. The molecule has 5 aliphatic rings. The number of ether oxygens (including phenoxy) is 1. The highest BCUT2D eigenvalue weighted by molar-refractivity contribution is 7.11. The third-order valence-electron chi connectivity index (χ3n) is 9.22. The summed E-state index contributed by atoms with van der Waals surface area (Å²) in [7, 11) is 0. The van der Waals surface area contributed by atoms with Crippen LogP contribution in [-0.2, 0) is 22.7 Å². The average molecular weight is 548 g/mol. The van der Waals surface area contributed by atoms with Crippen LogP contribution in [0.25, 0.3) is 10.9 Å². The van der Waals surface area contributed by atoms with Gasteiger partial charge in [-0.25, -0.2) is 9.97 Å². The van der Waals surface area contributed by atoms with Crippen LogP contribution in [0.2, 0.25) is 0 Å². The number of rotatable bonds is 7. The van der Waals surface area contributed by atoms with Crippen molar-refractivity contribution in [2.45, 2.75) is 83.0 Å². The average Bonchev–Trinajstić information content (AvgIpc) is 3.34. The number of aryl methyl sites for hydroxylation is 1. The van der Waals surface area contributed by atoms with Crippen molar-refractivity contribution in [1.82, 2.24) is 25.2 Å². The number of nitrogens with one attached hydrogen (secondary N) is 2. The first-order valence-corrected chi connectivity index (χ1v) is 14.8. The summed E-state index contributed by atoms with van der Waals surface area (Å²) in [6, 6.07) is 4.55. The number of fused-ring (bicyclic) bond motifs is 1. The molecule has 4 saturated carbocycles. The number of piperidine rings is 1. The Balaban J connectivity index is 1.07. The molecule has 1 aromatic carbocycles. The lowest BCUT2D eigenvalue weighted by atomic mass is 9.53. The van der Waals surface area contributed by atoms with Crippen molar-refractivity contribution in [2.24, 2.45) is 17.8 Å². The number of carbonyl (C=O) groups is 2. The van der Waals surface area contributed by atoms with Crippen LogP contribution in [-0.4, -0.2) is 31.9 Å². The molecule has 1 atom stereocenters. The molecule has 3 aromatic rings. The number of imide groups is 1. The zero-order valence-electron chi connectivity index (χ0n) is 22.1. The Labute approximate surface area is 230 Å². The Hall–Kier alpha value is -3.11.